The maximum Gasteiger partial charge on any atom is 0.225 e. The van der Waals surface area contributed by atoms with Crippen LogP contribution in [0.15, 0.2) is 12.1 Å². The molecule has 0 saturated carbocycles. The van der Waals surface area contributed by atoms with Crippen LogP contribution < -0.4 is 15.5 Å². The summed E-state index contributed by atoms with van der Waals surface area (Å²) in [7, 11) is 0. The Labute approximate surface area is 144 Å². The van der Waals surface area contributed by atoms with E-state index in [9.17, 15) is 9.59 Å². The molecule has 2 N–H and O–H groups in total. The fourth-order valence-electron chi connectivity index (χ4n) is 3.32. The van der Waals surface area contributed by atoms with Crippen LogP contribution in [0, 0.1) is 5.92 Å². The second-order valence-corrected chi connectivity index (χ2v) is 6.53. The topological polar surface area (TPSA) is 105 Å². The van der Waals surface area contributed by atoms with E-state index in [0.29, 0.717) is 30.9 Å². The Morgan fingerprint density at radius 1 is 1.28 bits per heavy atom. The Balaban J connectivity index is 1.44. The van der Waals surface area contributed by atoms with Crippen LogP contribution in [0.1, 0.15) is 31.5 Å². The molecule has 4 rings (SSSR count). The molecule has 9 heteroatoms. The van der Waals surface area contributed by atoms with Gasteiger partial charge in [-0.05, 0) is 31.4 Å². The van der Waals surface area contributed by atoms with E-state index in [1.165, 1.54) is 12.8 Å². The van der Waals surface area contributed by atoms with Crippen molar-refractivity contribution < 1.29 is 9.59 Å². The molecule has 9 nitrogen and oxygen atoms in total. The highest BCUT2D eigenvalue weighted by molar-refractivity contribution is 5.83. The van der Waals surface area contributed by atoms with Gasteiger partial charge in [0.25, 0.3) is 0 Å². The van der Waals surface area contributed by atoms with Crippen LogP contribution in [-0.4, -0.2) is 51.3 Å². The largest absolute Gasteiger partial charge is 0.355 e. The van der Waals surface area contributed by atoms with Gasteiger partial charge in [0.2, 0.25) is 11.8 Å². The van der Waals surface area contributed by atoms with E-state index in [4.69, 9.17) is 0 Å². The third kappa shape index (κ3) is 3.26. The molecule has 0 spiro atoms. The molecule has 2 aromatic heterocycles. The number of carbonyl (C=O) groups is 2. The number of aromatic nitrogens is 4. The van der Waals surface area contributed by atoms with Crippen molar-refractivity contribution in [1.82, 2.24) is 30.4 Å². The summed E-state index contributed by atoms with van der Waals surface area (Å²) in [6.07, 6.45) is 3.34. The molecule has 132 valence electrons. The predicted molar refractivity (Wildman–Crippen MR) is 89.8 cm³/mol. The quantitative estimate of drug-likeness (QED) is 0.801. The summed E-state index contributed by atoms with van der Waals surface area (Å²) in [5, 5.41) is 18.5. The first-order valence-corrected chi connectivity index (χ1v) is 8.71. The Morgan fingerprint density at radius 3 is 2.88 bits per heavy atom. The van der Waals surface area contributed by atoms with Gasteiger partial charge < -0.3 is 15.5 Å². The number of nitrogens with zero attached hydrogens (tertiary/aromatic N) is 5. The van der Waals surface area contributed by atoms with Gasteiger partial charge in [-0.1, -0.05) is 0 Å². The van der Waals surface area contributed by atoms with Crippen LogP contribution in [0.25, 0.3) is 5.65 Å². The zero-order valence-electron chi connectivity index (χ0n) is 13.9. The molecule has 1 unspecified atom stereocenters. The van der Waals surface area contributed by atoms with Crippen LogP contribution in [0.4, 0.5) is 5.82 Å². The molecule has 2 amide bonds. The third-order valence-corrected chi connectivity index (χ3v) is 4.80. The highest BCUT2D eigenvalue weighted by Gasteiger charge is 2.24. The Hall–Kier alpha value is -2.71. The van der Waals surface area contributed by atoms with Gasteiger partial charge >= 0.3 is 0 Å². The summed E-state index contributed by atoms with van der Waals surface area (Å²) < 4.78 is 1.69. The van der Waals surface area contributed by atoms with Gasteiger partial charge in [-0.3, -0.25) is 9.59 Å². The maximum atomic E-state index is 12.3. The molecule has 4 heterocycles. The van der Waals surface area contributed by atoms with Crippen molar-refractivity contribution in [3.63, 3.8) is 0 Å². The second-order valence-electron chi connectivity index (χ2n) is 6.53. The molecule has 2 fully saturated rings. The van der Waals surface area contributed by atoms with E-state index in [1.807, 2.05) is 12.1 Å². The lowest BCUT2D eigenvalue weighted by Crippen LogP contribution is -2.42. The Morgan fingerprint density at radius 2 is 2.12 bits per heavy atom. The highest BCUT2D eigenvalue weighted by atomic mass is 16.2. The van der Waals surface area contributed by atoms with Gasteiger partial charge in [0.05, 0.1) is 12.5 Å². The lowest BCUT2D eigenvalue weighted by Gasteiger charge is -2.21. The molecule has 2 aliphatic rings. The summed E-state index contributed by atoms with van der Waals surface area (Å²) in [6, 6.07) is 3.86. The monoisotopic (exact) mass is 343 g/mol. The molecule has 0 bridgehead atoms. The predicted octanol–water partition coefficient (Wildman–Crippen LogP) is -0.133. The van der Waals surface area contributed by atoms with E-state index >= 15 is 0 Å². The Kier molecular flexibility index (Phi) is 4.21. The minimum atomic E-state index is -0.190. The van der Waals surface area contributed by atoms with Crippen LogP contribution >= 0.6 is 0 Å². The third-order valence-electron chi connectivity index (χ3n) is 4.80. The van der Waals surface area contributed by atoms with Gasteiger partial charge in [0.15, 0.2) is 11.5 Å². The first-order valence-electron chi connectivity index (χ1n) is 8.71. The summed E-state index contributed by atoms with van der Waals surface area (Å²) >= 11 is 0. The van der Waals surface area contributed by atoms with Crippen LogP contribution in [-0.2, 0) is 16.1 Å². The Bertz CT molecular complexity index is 787. The molecule has 0 radical (unpaired) electrons. The number of hydrogen-bond acceptors (Lipinski definition) is 6. The zero-order chi connectivity index (χ0) is 17.2. The van der Waals surface area contributed by atoms with Crippen molar-refractivity contribution >= 4 is 23.3 Å². The maximum absolute atomic E-state index is 12.3. The summed E-state index contributed by atoms with van der Waals surface area (Å²) in [5.74, 6) is 1.25. The lowest BCUT2D eigenvalue weighted by molar-refractivity contribution is -0.129. The van der Waals surface area contributed by atoms with Crippen molar-refractivity contribution in [1.29, 1.82) is 0 Å². The molecule has 0 aromatic carbocycles. The number of carbonyl (C=O) groups excluding carboxylic acids is 2. The SMILES string of the molecule is O=C1CCC(C(=O)NCc2nnc3ccc(N4CCCC4)nn23)CN1. The zero-order valence-corrected chi connectivity index (χ0v) is 13.9. The van der Waals surface area contributed by atoms with Gasteiger partial charge in [0.1, 0.15) is 5.82 Å². The molecule has 0 aliphatic carbocycles. The number of amides is 2. The van der Waals surface area contributed by atoms with Gasteiger partial charge in [0, 0.05) is 26.1 Å². The van der Waals surface area contributed by atoms with Crippen molar-refractivity contribution in [3.05, 3.63) is 18.0 Å². The second kappa shape index (κ2) is 6.66. The minimum Gasteiger partial charge on any atom is -0.355 e. The normalized spacial score (nSPS) is 20.7. The summed E-state index contributed by atoms with van der Waals surface area (Å²) in [6.45, 7) is 2.68. The smallest absolute Gasteiger partial charge is 0.225 e. The van der Waals surface area contributed by atoms with E-state index in [-0.39, 0.29) is 24.3 Å². The number of nitrogens with one attached hydrogen (secondary N) is 2. The number of hydrogen-bond donors (Lipinski definition) is 2. The number of fused-ring (bicyclic) bond motifs is 1. The average molecular weight is 343 g/mol. The molecule has 2 aromatic rings. The molecular weight excluding hydrogens is 322 g/mol. The van der Waals surface area contributed by atoms with Crippen LogP contribution in [0.5, 0.6) is 0 Å². The highest BCUT2D eigenvalue weighted by Crippen LogP contribution is 2.18. The first-order chi connectivity index (χ1) is 12.2. The van der Waals surface area contributed by atoms with Crippen LogP contribution in [0.2, 0.25) is 0 Å². The van der Waals surface area contributed by atoms with Crippen LogP contribution in [0.3, 0.4) is 0 Å². The lowest BCUT2D eigenvalue weighted by atomic mass is 9.98. The van der Waals surface area contributed by atoms with E-state index in [2.05, 4.69) is 30.8 Å². The molecular formula is C16H21N7O2. The van der Waals surface area contributed by atoms with Crippen molar-refractivity contribution in [3.8, 4) is 0 Å². The van der Waals surface area contributed by atoms with Crippen molar-refractivity contribution in [2.45, 2.75) is 32.2 Å². The minimum absolute atomic E-state index is 0.00569. The first kappa shape index (κ1) is 15.8. The average Bonchev–Trinajstić information content (AvgIpc) is 3.30. The van der Waals surface area contributed by atoms with E-state index < -0.39 is 0 Å². The van der Waals surface area contributed by atoms with Gasteiger partial charge in [-0.15, -0.1) is 15.3 Å². The standard InChI is InChI=1S/C16H21N7O2/c24-15-6-3-11(9-17-15)16(25)18-10-14-20-19-12-4-5-13(21-23(12)14)22-7-1-2-8-22/h4-5,11H,1-3,6-10H2,(H,17,24)(H,18,25). The number of anilines is 1. The number of rotatable bonds is 4. The fraction of sp³-hybridized carbons (Fsp3) is 0.562. The van der Waals surface area contributed by atoms with Gasteiger partial charge in [-0.2, -0.15) is 4.52 Å². The van der Waals surface area contributed by atoms with E-state index in [0.717, 1.165) is 18.9 Å². The fourth-order valence-corrected chi connectivity index (χ4v) is 3.32. The number of piperidine rings is 1. The van der Waals surface area contributed by atoms with E-state index in [1.54, 1.807) is 4.52 Å². The van der Waals surface area contributed by atoms with Gasteiger partial charge in [-0.25, -0.2) is 0 Å². The van der Waals surface area contributed by atoms with Crippen molar-refractivity contribution in [2.24, 2.45) is 5.92 Å². The molecule has 2 aliphatic heterocycles. The molecule has 25 heavy (non-hydrogen) atoms. The molecule has 1 atom stereocenters. The van der Waals surface area contributed by atoms with Crippen molar-refractivity contribution in [2.75, 3.05) is 24.5 Å². The summed E-state index contributed by atoms with van der Waals surface area (Å²) in [4.78, 5) is 25.7. The molecule has 2 saturated heterocycles. The summed E-state index contributed by atoms with van der Waals surface area (Å²) in [5.41, 5.74) is 0.664.